The molecule has 4 rings (SSSR count). The van der Waals surface area contributed by atoms with Crippen molar-refractivity contribution in [2.75, 3.05) is 7.05 Å². The fourth-order valence-electron chi connectivity index (χ4n) is 9.11. The van der Waals surface area contributed by atoms with Crippen LogP contribution < -0.4 is 0 Å². The lowest BCUT2D eigenvalue weighted by Gasteiger charge is -2.63. The molecule has 1 N–H and O–H groups in total. The lowest BCUT2D eigenvalue weighted by atomic mass is 9.45. The van der Waals surface area contributed by atoms with Gasteiger partial charge in [-0.05, 0) is 84.9 Å². The molecule has 3 aliphatic carbocycles. The summed E-state index contributed by atoms with van der Waals surface area (Å²) in [5.74, 6) is 4.41. The van der Waals surface area contributed by atoms with Gasteiger partial charge < -0.3 is 10.0 Å². The third-order valence-corrected chi connectivity index (χ3v) is 10.8. The standard InChI is InChI=1S/C27H47NO2/c1-17(2)8-7-9-18(3)19-10-11-20-25-21(12-14-26(19,20)4)27(5)15-13-24(30)28(6)23(27)16-22(25)29/h17-23,25,29H,7-16H2,1-6H3/t18-,19-,20+,21+,22?,23-,25+,26-,27-/m1/s1. The van der Waals surface area contributed by atoms with E-state index in [0.29, 0.717) is 29.6 Å². The highest BCUT2D eigenvalue weighted by atomic mass is 16.3. The lowest BCUT2D eigenvalue weighted by molar-refractivity contribution is -0.181. The number of aliphatic hydroxyl groups is 1. The average Bonchev–Trinajstić information content (AvgIpc) is 3.03. The van der Waals surface area contributed by atoms with Gasteiger partial charge in [0.2, 0.25) is 5.91 Å². The number of carbonyl (C=O) groups excluding carboxylic acids is 1. The maximum absolute atomic E-state index is 12.4. The van der Waals surface area contributed by atoms with Crippen LogP contribution in [0.4, 0.5) is 0 Å². The van der Waals surface area contributed by atoms with Crippen molar-refractivity contribution in [1.82, 2.24) is 4.90 Å². The molecule has 30 heavy (non-hydrogen) atoms. The molecular weight excluding hydrogens is 370 g/mol. The van der Waals surface area contributed by atoms with Crippen LogP contribution in [0.2, 0.25) is 0 Å². The molecule has 3 saturated carbocycles. The van der Waals surface area contributed by atoms with Gasteiger partial charge in [0.05, 0.1) is 6.10 Å². The second-order valence-corrected chi connectivity index (χ2v) is 12.7. The first-order chi connectivity index (χ1) is 14.1. The second-order valence-electron chi connectivity index (χ2n) is 12.7. The van der Waals surface area contributed by atoms with Crippen molar-refractivity contribution >= 4 is 5.91 Å². The molecule has 0 bridgehead atoms. The molecule has 4 fully saturated rings. The molecule has 1 heterocycles. The van der Waals surface area contributed by atoms with E-state index in [-0.39, 0.29) is 23.5 Å². The van der Waals surface area contributed by atoms with Crippen molar-refractivity contribution in [3.05, 3.63) is 0 Å². The molecule has 9 atom stereocenters. The minimum atomic E-state index is -0.235. The van der Waals surface area contributed by atoms with Gasteiger partial charge in [-0.1, -0.05) is 53.9 Å². The minimum Gasteiger partial charge on any atom is -0.393 e. The number of piperidine rings is 1. The Morgan fingerprint density at radius 2 is 1.73 bits per heavy atom. The van der Waals surface area contributed by atoms with Crippen LogP contribution in [0.3, 0.4) is 0 Å². The van der Waals surface area contributed by atoms with Crippen LogP contribution in [0.15, 0.2) is 0 Å². The van der Waals surface area contributed by atoms with Gasteiger partial charge in [-0.25, -0.2) is 0 Å². The summed E-state index contributed by atoms with van der Waals surface area (Å²) in [6.07, 6.45) is 11.6. The smallest absolute Gasteiger partial charge is 0.222 e. The summed E-state index contributed by atoms with van der Waals surface area (Å²) in [7, 11) is 1.98. The van der Waals surface area contributed by atoms with Crippen molar-refractivity contribution in [2.24, 2.45) is 46.3 Å². The first-order valence-corrected chi connectivity index (χ1v) is 13.0. The Balaban J connectivity index is 1.53. The van der Waals surface area contributed by atoms with Gasteiger partial charge in [-0.2, -0.15) is 0 Å². The second kappa shape index (κ2) is 8.09. The van der Waals surface area contributed by atoms with Crippen molar-refractivity contribution in [3.63, 3.8) is 0 Å². The summed E-state index contributed by atoms with van der Waals surface area (Å²) in [6, 6.07) is 0.228. The predicted octanol–water partition coefficient (Wildman–Crippen LogP) is 5.90. The third kappa shape index (κ3) is 3.46. The van der Waals surface area contributed by atoms with Crippen LogP contribution in [-0.2, 0) is 4.79 Å². The van der Waals surface area contributed by atoms with E-state index in [2.05, 4.69) is 34.6 Å². The quantitative estimate of drug-likeness (QED) is 0.605. The summed E-state index contributed by atoms with van der Waals surface area (Å²) in [6.45, 7) is 12.2. The number of carbonyl (C=O) groups is 1. The summed E-state index contributed by atoms with van der Waals surface area (Å²) in [5, 5.41) is 11.4. The van der Waals surface area contributed by atoms with E-state index in [1.807, 2.05) is 11.9 Å². The van der Waals surface area contributed by atoms with E-state index in [9.17, 15) is 9.90 Å². The maximum atomic E-state index is 12.4. The van der Waals surface area contributed by atoms with Crippen LogP contribution in [0.25, 0.3) is 0 Å². The van der Waals surface area contributed by atoms with Crippen LogP contribution in [0.5, 0.6) is 0 Å². The Kier molecular flexibility index (Phi) is 6.10. The molecule has 3 nitrogen and oxygen atoms in total. The highest BCUT2D eigenvalue weighted by Crippen LogP contribution is 2.67. The molecule has 0 aromatic rings. The van der Waals surface area contributed by atoms with E-state index in [1.165, 1.54) is 44.9 Å². The molecule has 172 valence electrons. The molecule has 0 radical (unpaired) electrons. The number of aliphatic hydroxyl groups excluding tert-OH is 1. The zero-order valence-corrected chi connectivity index (χ0v) is 20.5. The first-order valence-electron chi connectivity index (χ1n) is 13.0. The third-order valence-electron chi connectivity index (χ3n) is 10.8. The normalized spacial score (nSPS) is 47.1. The summed E-state index contributed by atoms with van der Waals surface area (Å²) < 4.78 is 0. The van der Waals surface area contributed by atoms with Crippen LogP contribution in [0.1, 0.15) is 98.8 Å². The molecule has 3 heteroatoms. The Bertz CT molecular complexity index is 647. The molecule has 1 aliphatic heterocycles. The van der Waals surface area contributed by atoms with Gasteiger partial charge in [0.25, 0.3) is 0 Å². The predicted molar refractivity (Wildman–Crippen MR) is 123 cm³/mol. The van der Waals surface area contributed by atoms with Gasteiger partial charge >= 0.3 is 0 Å². The number of fused-ring (bicyclic) bond motifs is 5. The first kappa shape index (κ1) is 22.6. The fraction of sp³-hybridized carbons (Fsp3) is 0.963. The molecular formula is C27H47NO2. The van der Waals surface area contributed by atoms with Crippen LogP contribution >= 0.6 is 0 Å². The van der Waals surface area contributed by atoms with E-state index in [0.717, 1.165) is 30.6 Å². The topological polar surface area (TPSA) is 40.5 Å². The fourth-order valence-corrected chi connectivity index (χ4v) is 9.11. The van der Waals surface area contributed by atoms with E-state index >= 15 is 0 Å². The van der Waals surface area contributed by atoms with Crippen LogP contribution in [0, 0.1) is 46.3 Å². The number of amides is 1. The summed E-state index contributed by atoms with van der Waals surface area (Å²) in [5.41, 5.74) is 0.591. The highest BCUT2D eigenvalue weighted by Gasteiger charge is 2.63. The van der Waals surface area contributed by atoms with E-state index in [1.54, 1.807) is 0 Å². The largest absolute Gasteiger partial charge is 0.393 e. The summed E-state index contributed by atoms with van der Waals surface area (Å²) in [4.78, 5) is 14.4. The van der Waals surface area contributed by atoms with Gasteiger partial charge in [0, 0.05) is 19.5 Å². The Morgan fingerprint density at radius 3 is 2.43 bits per heavy atom. The monoisotopic (exact) mass is 417 g/mol. The molecule has 1 unspecified atom stereocenters. The summed E-state index contributed by atoms with van der Waals surface area (Å²) >= 11 is 0. The Morgan fingerprint density at radius 1 is 1.03 bits per heavy atom. The Hall–Kier alpha value is -0.570. The van der Waals surface area contributed by atoms with Crippen molar-refractivity contribution in [2.45, 2.75) is 111 Å². The van der Waals surface area contributed by atoms with Gasteiger partial charge in [-0.3, -0.25) is 4.79 Å². The van der Waals surface area contributed by atoms with E-state index in [4.69, 9.17) is 0 Å². The number of hydrogen-bond acceptors (Lipinski definition) is 2. The van der Waals surface area contributed by atoms with E-state index < -0.39 is 0 Å². The van der Waals surface area contributed by atoms with Crippen molar-refractivity contribution in [1.29, 1.82) is 0 Å². The highest BCUT2D eigenvalue weighted by molar-refractivity contribution is 5.77. The maximum Gasteiger partial charge on any atom is 0.222 e. The number of nitrogens with zero attached hydrogens (tertiary/aromatic N) is 1. The van der Waals surface area contributed by atoms with Crippen LogP contribution in [-0.4, -0.2) is 35.1 Å². The molecule has 4 aliphatic rings. The number of hydrogen-bond donors (Lipinski definition) is 1. The Labute approximate surface area is 185 Å². The van der Waals surface area contributed by atoms with Gasteiger partial charge in [-0.15, -0.1) is 0 Å². The number of likely N-dealkylation sites (tertiary alicyclic amines) is 1. The molecule has 0 aromatic carbocycles. The number of rotatable bonds is 5. The SMILES string of the molecule is CC(C)CCC[C@@H](C)[C@H]1CC[C@H]2[C@@H]3C(O)C[C@H]4N(C)C(=O)CC[C@]4(C)[C@H]3CC[C@]12C. The minimum absolute atomic E-state index is 0.189. The van der Waals surface area contributed by atoms with Gasteiger partial charge in [0.15, 0.2) is 0 Å². The van der Waals surface area contributed by atoms with Gasteiger partial charge in [0.1, 0.15) is 0 Å². The molecule has 1 amide bonds. The molecule has 1 saturated heterocycles. The lowest BCUT2D eigenvalue weighted by Crippen LogP contribution is -2.64. The average molecular weight is 418 g/mol. The van der Waals surface area contributed by atoms with Crippen molar-refractivity contribution in [3.8, 4) is 0 Å². The zero-order valence-electron chi connectivity index (χ0n) is 20.5. The zero-order chi connectivity index (χ0) is 21.8. The molecule has 0 spiro atoms. The molecule has 0 aromatic heterocycles. The van der Waals surface area contributed by atoms with Crippen molar-refractivity contribution < 1.29 is 9.90 Å².